The van der Waals surface area contributed by atoms with Crippen molar-refractivity contribution in [2.45, 2.75) is 12.2 Å². The molecule has 0 atom stereocenters. The summed E-state index contributed by atoms with van der Waals surface area (Å²) < 4.78 is 12.7. The van der Waals surface area contributed by atoms with Gasteiger partial charge in [-0.2, -0.15) is 0 Å². The van der Waals surface area contributed by atoms with Gasteiger partial charge in [-0.1, -0.05) is 12.1 Å². The normalized spacial score (nSPS) is 15.7. The van der Waals surface area contributed by atoms with Crippen molar-refractivity contribution in [1.82, 2.24) is 10.2 Å². The molecule has 0 radical (unpaired) electrons. The van der Waals surface area contributed by atoms with E-state index in [1.807, 2.05) is 0 Å². The van der Waals surface area contributed by atoms with Gasteiger partial charge in [0.15, 0.2) is 0 Å². The topological polar surface area (TPSA) is 49.4 Å². The maximum atomic E-state index is 12.7. The minimum atomic E-state index is -0.259. The van der Waals surface area contributed by atoms with E-state index in [-0.39, 0.29) is 24.2 Å². The molecular weight excluding hydrogens is 279 g/mol. The number of hydrogen-bond acceptors (Lipinski definition) is 3. The molecule has 6 heteroatoms. The average Bonchev–Trinajstić information content (AvgIpc) is 2.65. The van der Waals surface area contributed by atoms with Gasteiger partial charge in [0.05, 0.1) is 12.3 Å². The summed E-state index contributed by atoms with van der Waals surface area (Å²) in [5, 5.41) is 2.74. The molecule has 1 aromatic carbocycles. The van der Waals surface area contributed by atoms with E-state index in [1.165, 1.54) is 23.9 Å². The van der Waals surface area contributed by atoms with Gasteiger partial charge in [-0.25, -0.2) is 4.39 Å². The smallest absolute Gasteiger partial charge is 0.239 e. The molecule has 1 fully saturated rings. The predicted octanol–water partition coefficient (Wildman–Crippen LogP) is 1.41. The first-order chi connectivity index (χ1) is 9.65. The van der Waals surface area contributed by atoms with Crippen molar-refractivity contribution in [2.75, 3.05) is 25.4 Å². The molecule has 1 saturated heterocycles. The first-order valence-corrected chi connectivity index (χ1v) is 7.67. The number of carbonyl (C=O) groups is 2. The highest BCUT2D eigenvalue weighted by atomic mass is 32.2. The fraction of sp³-hybridized carbons (Fsp3) is 0.429. The van der Waals surface area contributed by atoms with E-state index in [2.05, 4.69) is 5.32 Å². The van der Waals surface area contributed by atoms with Crippen LogP contribution in [0.3, 0.4) is 0 Å². The maximum absolute atomic E-state index is 12.7. The predicted molar refractivity (Wildman–Crippen MR) is 76.8 cm³/mol. The summed E-state index contributed by atoms with van der Waals surface area (Å²) in [6, 6.07) is 6.26. The molecule has 0 unspecified atom stereocenters. The maximum Gasteiger partial charge on any atom is 0.239 e. The van der Waals surface area contributed by atoms with Crippen LogP contribution in [0.15, 0.2) is 24.3 Å². The quantitative estimate of drug-likeness (QED) is 0.914. The number of benzene rings is 1. The highest BCUT2D eigenvalue weighted by molar-refractivity contribution is 7.99. The summed E-state index contributed by atoms with van der Waals surface area (Å²) in [5.74, 6) is 0.621. The number of amides is 2. The molecule has 1 heterocycles. The van der Waals surface area contributed by atoms with Crippen LogP contribution in [0, 0.1) is 5.82 Å². The lowest BCUT2D eigenvalue weighted by Gasteiger charge is -2.18. The van der Waals surface area contributed by atoms with Crippen molar-refractivity contribution >= 4 is 23.6 Å². The van der Waals surface area contributed by atoms with Crippen LogP contribution >= 0.6 is 11.8 Å². The molecule has 0 aliphatic carbocycles. The summed E-state index contributed by atoms with van der Waals surface area (Å²) in [4.78, 5) is 25.0. The van der Waals surface area contributed by atoms with E-state index in [0.29, 0.717) is 24.6 Å². The third kappa shape index (κ3) is 4.52. The van der Waals surface area contributed by atoms with Gasteiger partial charge >= 0.3 is 0 Å². The first kappa shape index (κ1) is 14.8. The summed E-state index contributed by atoms with van der Waals surface area (Å²) in [5.41, 5.74) is 0.984. The van der Waals surface area contributed by atoms with Gasteiger partial charge < -0.3 is 10.2 Å². The Morgan fingerprint density at radius 3 is 2.85 bits per heavy atom. The van der Waals surface area contributed by atoms with Gasteiger partial charge in [0.2, 0.25) is 11.8 Å². The minimum Gasteiger partial charge on any atom is -0.354 e. The molecular formula is C14H17FN2O2S. The largest absolute Gasteiger partial charge is 0.354 e. The Bertz CT molecular complexity index is 479. The highest BCUT2D eigenvalue weighted by Gasteiger charge is 2.19. The van der Waals surface area contributed by atoms with Crippen LogP contribution < -0.4 is 5.32 Å². The molecule has 4 nitrogen and oxygen atoms in total. The number of nitrogens with one attached hydrogen (secondary N) is 1. The molecule has 1 aliphatic rings. The van der Waals surface area contributed by atoms with E-state index in [0.717, 1.165) is 12.0 Å². The van der Waals surface area contributed by atoms with Crippen molar-refractivity contribution < 1.29 is 14.0 Å². The van der Waals surface area contributed by atoms with Crippen LogP contribution in [0.2, 0.25) is 0 Å². The van der Waals surface area contributed by atoms with E-state index in [4.69, 9.17) is 0 Å². The van der Waals surface area contributed by atoms with Gasteiger partial charge in [0.25, 0.3) is 0 Å². The Morgan fingerprint density at radius 2 is 2.10 bits per heavy atom. The highest BCUT2D eigenvalue weighted by Crippen LogP contribution is 2.13. The van der Waals surface area contributed by atoms with E-state index in [1.54, 1.807) is 17.0 Å². The van der Waals surface area contributed by atoms with Gasteiger partial charge in [-0.15, -0.1) is 11.8 Å². The first-order valence-electron chi connectivity index (χ1n) is 6.52. The lowest BCUT2D eigenvalue weighted by atomic mass is 10.2. The second kappa shape index (κ2) is 7.28. The molecule has 0 aromatic heterocycles. The molecule has 0 bridgehead atoms. The van der Waals surface area contributed by atoms with Crippen molar-refractivity contribution in [1.29, 1.82) is 0 Å². The van der Waals surface area contributed by atoms with Crippen molar-refractivity contribution in [2.24, 2.45) is 0 Å². The monoisotopic (exact) mass is 296 g/mol. The minimum absolute atomic E-state index is 0.0193. The third-order valence-electron chi connectivity index (χ3n) is 3.02. The molecule has 2 amide bonds. The van der Waals surface area contributed by atoms with Crippen LogP contribution in [0.5, 0.6) is 0 Å². The summed E-state index contributed by atoms with van der Waals surface area (Å²) in [7, 11) is 0. The standard InChI is InChI=1S/C14H17FN2O2S/c15-12-4-2-11(3-5-12)9-20-10-14(19)17-7-1-6-16-13(18)8-17/h2-5H,1,6-10H2,(H,16,18). The van der Waals surface area contributed by atoms with Crippen LogP contribution in [0.4, 0.5) is 4.39 Å². The molecule has 2 rings (SSSR count). The van der Waals surface area contributed by atoms with Crippen molar-refractivity contribution in [3.63, 3.8) is 0 Å². The number of carbonyl (C=O) groups excluding carboxylic acids is 2. The third-order valence-corrected chi connectivity index (χ3v) is 4.01. The summed E-state index contributed by atoms with van der Waals surface area (Å²) in [6.45, 7) is 1.40. The zero-order valence-corrected chi connectivity index (χ0v) is 11.9. The molecule has 1 aromatic rings. The van der Waals surface area contributed by atoms with Gasteiger partial charge in [-0.3, -0.25) is 9.59 Å². The SMILES string of the molecule is O=C1CN(C(=O)CSCc2ccc(F)cc2)CCCN1. The number of hydrogen-bond donors (Lipinski definition) is 1. The van der Waals surface area contributed by atoms with Crippen LogP contribution in [-0.2, 0) is 15.3 Å². The summed E-state index contributed by atoms with van der Waals surface area (Å²) >= 11 is 1.48. The lowest BCUT2D eigenvalue weighted by molar-refractivity contribution is -0.133. The number of thioether (sulfide) groups is 1. The second-order valence-electron chi connectivity index (χ2n) is 4.64. The van der Waals surface area contributed by atoms with Gasteiger partial charge in [0.1, 0.15) is 5.82 Å². The Balaban J connectivity index is 1.76. The number of rotatable bonds is 4. The number of nitrogens with zero attached hydrogens (tertiary/aromatic N) is 1. The average molecular weight is 296 g/mol. The molecule has 1 aliphatic heterocycles. The Morgan fingerprint density at radius 1 is 1.35 bits per heavy atom. The van der Waals surface area contributed by atoms with E-state index in [9.17, 15) is 14.0 Å². The zero-order chi connectivity index (χ0) is 14.4. The second-order valence-corrected chi connectivity index (χ2v) is 5.62. The molecule has 0 spiro atoms. The molecule has 20 heavy (non-hydrogen) atoms. The van der Waals surface area contributed by atoms with E-state index < -0.39 is 0 Å². The van der Waals surface area contributed by atoms with Crippen LogP contribution in [-0.4, -0.2) is 42.1 Å². The number of halogens is 1. The fourth-order valence-electron chi connectivity index (χ4n) is 1.95. The molecule has 0 saturated carbocycles. The van der Waals surface area contributed by atoms with Crippen LogP contribution in [0.25, 0.3) is 0 Å². The molecule has 108 valence electrons. The van der Waals surface area contributed by atoms with Gasteiger partial charge in [0, 0.05) is 18.8 Å². The van der Waals surface area contributed by atoms with Crippen LogP contribution in [0.1, 0.15) is 12.0 Å². The zero-order valence-electron chi connectivity index (χ0n) is 11.1. The van der Waals surface area contributed by atoms with Crippen molar-refractivity contribution in [3.8, 4) is 0 Å². The lowest BCUT2D eigenvalue weighted by Crippen LogP contribution is -2.38. The van der Waals surface area contributed by atoms with Gasteiger partial charge in [-0.05, 0) is 24.1 Å². The Labute approximate surface area is 121 Å². The van der Waals surface area contributed by atoms with E-state index >= 15 is 0 Å². The Hall–Kier alpha value is -1.56. The van der Waals surface area contributed by atoms with Crippen molar-refractivity contribution in [3.05, 3.63) is 35.6 Å². The summed E-state index contributed by atoms with van der Waals surface area (Å²) in [6.07, 6.45) is 0.792. The fourth-order valence-corrected chi connectivity index (χ4v) is 2.83. The Kier molecular flexibility index (Phi) is 5.40. The molecule has 1 N–H and O–H groups in total.